The van der Waals surface area contributed by atoms with Crippen LogP contribution in [-0.2, 0) is 16.9 Å². The first kappa shape index (κ1) is 11.9. The lowest BCUT2D eigenvalue weighted by Crippen LogP contribution is -1.98. The number of sulfone groups is 1. The Kier molecular flexibility index (Phi) is 2.46. The van der Waals surface area contributed by atoms with Crippen LogP contribution < -0.4 is 0 Å². The Balaban J connectivity index is 2.31. The average molecular weight is 276 g/mol. The highest BCUT2D eigenvalue weighted by molar-refractivity contribution is 7.91. The Morgan fingerprint density at radius 1 is 1.26 bits per heavy atom. The highest BCUT2D eigenvalue weighted by Crippen LogP contribution is 2.24. The van der Waals surface area contributed by atoms with Gasteiger partial charge >= 0.3 is 0 Å². The number of nitrogens with zero attached hydrogens (tertiary/aromatic N) is 3. The summed E-state index contributed by atoms with van der Waals surface area (Å²) in [4.78, 5) is 7.73. The van der Waals surface area contributed by atoms with E-state index in [1.54, 1.807) is 36.1 Å². The topological polar surface area (TPSA) is 80.6 Å². The molecule has 0 aliphatic carbocycles. The molecule has 0 unspecified atom stereocenters. The van der Waals surface area contributed by atoms with Crippen LogP contribution in [0.2, 0.25) is 0 Å². The number of fused-ring (bicyclic) bond motifs is 1. The molecular formula is C12H12N4O2S. The maximum Gasteiger partial charge on any atom is 0.177 e. The molecule has 0 amide bonds. The van der Waals surface area contributed by atoms with Crippen LogP contribution in [0.15, 0.2) is 35.4 Å². The predicted molar refractivity (Wildman–Crippen MR) is 71.4 cm³/mol. The fourth-order valence-electron chi connectivity index (χ4n) is 2.03. The van der Waals surface area contributed by atoms with E-state index in [0.29, 0.717) is 16.9 Å². The molecule has 1 aromatic carbocycles. The van der Waals surface area contributed by atoms with Gasteiger partial charge in [-0.1, -0.05) is 6.07 Å². The van der Waals surface area contributed by atoms with Crippen molar-refractivity contribution < 1.29 is 8.42 Å². The van der Waals surface area contributed by atoms with Crippen molar-refractivity contribution in [1.82, 2.24) is 19.7 Å². The van der Waals surface area contributed by atoms with Gasteiger partial charge in [0.1, 0.15) is 11.2 Å². The van der Waals surface area contributed by atoms with Gasteiger partial charge in [0.05, 0.1) is 10.4 Å². The molecule has 0 bridgehead atoms. The minimum Gasteiger partial charge on any atom is -0.337 e. The van der Waals surface area contributed by atoms with E-state index in [0.717, 1.165) is 5.69 Å². The number of imidazole rings is 1. The van der Waals surface area contributed by atoms with E-state index in [9.17, 15) is 8.42 Å². The van der Waals surface area contributed by atoms with Gasteiger partial charge in [-0.15, -0.1) is 0 Å². The number of benzene rings is 1. The van der Waals surface area contributed by atoms with Gasteiger partial charge in [0.25, 0.3) is 0 Å². The van der Waals surface area contributed by atoms with Gasteiger partial charge in [-0.2, -0.15) is 5.10 Å². The number of rotatable bonds is 2. The van der Waals surface area contributed by atoms with Gasteiger partial charge in [0.2, 0.25) is 0 Å². The Bertz CT molecular complexity index is 861. The van der Waals surface area contributed by atoms with Crippen LogP contribution in [-0.4, -0.2) is 34.4 Å². The van der Waals surface area contributed by atoms with Crippen molar-refractivity contribution in [2.24, 2.45) is 7.05 Å². The molecule has 0 fully saturated rings. The number of aromatic nitrogens is 4. The fraction of sp³-hybridized carbons (Fsp3) is 0.167. The summed E-state index contributed by atoms with van der Waals surface area (Å²) >= 11 is 0. The van der Waals surface area contributed by atoms with Crippen molar-refractivity contribution in [3.8, 4) is 11.5 Å². The van der Waals surface area contributed by atoms with E-state index in [4.69, 9.17) is 0 Å². The molecule has 2 aromatic heterocycles. The molecule has 0 radical (unpaired) electrons. The molecule has 7 heteroatoms. The molecule has 0 saturated heterocycles. The van der Waals surface area contributed by atoms with E-state index in [2.05, 4.69) is 15.1 Å². The smallest absolute Gasteiger partial charge is 0.177 e. The highest BCUT2D eigenvalue weighted by Gasteiger charge is 2.16. The fourth-order valence-corrected chi connectivity index (χ4v) is 2.87. The number of hydrogen-bond donors (Lipinski definition) is 1. The summed E-state index contributed by atoms with van der Waals surface area (Å²) in [5.41, 5.74) is 1.95. The Labute approximate surface area is 110 Å². The first-order valence-corrected chi connectivity index (χ1v) is 7.53. The number of aryl methyl sites for hydroxylation is 1. The molecule has 2 heterocycles. The minimum absolute atomic E-state index is 0.231. The van der Waals surface area contributed by atoms with Gasteiger partial charge in [-0.05, 0) is 18.2 Å². The lowest BCUT2D eigenvalue weighted by Gasteiger charge is -1.97. The van der Waals surface area contributed by atoms with Gasteiger partial charge < -0.3 is 4.98 Å². The Morgan fingerprint density at radius 3 is 2.68 bits per heavy atom. The summed E-state index contributed by atoms with van der Waals surface area (Å²) in [6, 6.07) is 6.88. The summed E-state index contributed by atoms with van der Waals surface area (Å²) in [5.74, 6) is 0.603. The molecule has 6 nitrogen and oxygen atoms in total. The van der Waals surface area contributed by atoms with Crippen molar-refractivity contribution in [2.45, 2.75) is 4.90 Å². The largest absolute Gasteiger partial charge is 0.337 e. The van der Waals surface area contributed by atoms with Crippen LogP contribution in [0.25, 0.3) is 22.6 Å². The number of para-hydroxylation sites is 1. The van der Waals surface area contributed by atoms with Crippen molar-refractivity contribution in [3.63, 3.8) is 0 Å². The first-order chi connectivity index (χ1) is 8.97. The second-order valence-corrected chi connectivity index (χ2v) is 6.33. The molecule has 98 valence electrons. The normalized spacial score (nSPS) is 12.1. The van der Waals surface area contributed by atoms with Gasteiger partial charge in [0.15, 0.2) is 15.7 Å². The van der Waals surface area contributed by atoms with Crippen molar-refractivity contribution in [3.05, 3.63) is 30.5 Å². The number of nitrogens with one attached hydrogen (secondary N) is 1. The molecule has 0 saturated carbocycles. The maximum absolute atomic E-state index is 11.7. The molecule has 3 aromatic rings. The molecule has 1 N–H and O–H groups in total. The van der Waals surface area contributed by atoms with E-state index in [-0.39, 0.29) is 4.90 Å². The summed E-state index contributed by atoms with van der Waals surface area (Å²) in [7, 11) is -1.49. The summed E-state index contributed by atoms with van der Waals surface area (Å²) in [5, 5.41) is 4.07. The molecule has 0 aliphatic heterocycles. The maximum atomic E-state index is 11.7. The molecule has 0 spiro atoms. The lowest BCUT2D eigenvalue weighted by atomic mass is 10.3. The van der Waals surface area contributed by atoms with Crippen LogP contribution in [0.1, 0.15) is 0 Å². The van der Waals surface area contributed by atoms with Gasteiger partial charge in [-0.3, -0.25) is 4.68 Å². The van der Waals surface area contributed by atoms with E-state index < -0.39 is 9.84 Å². The zero-order valence-electron chi connectivity index (χ0n) is 10.5. The summed E-state index contributed by atoms with van der Waals surface area (Å²) in [6.07, 6.45) is 2.85. The number of aromatic amines is 1. The van der Waals surface area contributed by atoms with E-state index in [1.165, 1.54) is 6.26 Å². The monoisotopic (exact) mass is 276 g/mol. The predicted octanol–water partition coefficient (Wildman–Crippen LogP) is 1.37. The van der Waals surface area contributed by atoms with Crippen molar-refractivity contribution >= 4 is 20.9 Å². The number of H-pyrrole nitrogens is 1. The number of hydrogen-bond acceptors (Lipinski definition) is 4. The lowest BCUT2D eigenvalue weighted by molar-refractivity contribution is 0.602. The molecule has 0 atom stereocenters. The SMILES string of the molecule is Cn1nccc1-c1nc2c(S(C)(=O)=O)cccc2[nH]1. The third-order valence-corrected chi connectivity index (χ3v) is 4.07. The van der Waals surface area contributed by atoms with Crippen LogP contribution in [0, 0.1) is 0 Å². The molecule has 0 aliphatic rings. The van der Waals surface area contributed by atoms with Crippen LogP contribution in [0.3, 0.4) is 0 Å². The summed E-state index contributed by atoms with van der Waals surface area (Å²) in [6.45, 7) is 0. The van der Waals surface area contributed by atoms with Gasteiger partial charge in [-0.25, -0.2) is 13.4 Å². The molecule has 3 rings (SSSR count). The molecular weight excluding hydrogens is 264 g/mol. The first-order valence-electron chi connectivity index (χ1n) is 5.64. The zero-order chi connectivity index (χ0) is 13.6. The zero-order valence-corrected chi connectivity index (χ0v) is 11.3. The van der Waals surface area contributed by atoms with Crippen molar-refractivity contribution in [2.75, 3.05) is 6.26 Å². The third-order valence-electron chi connectivity index (χ3n) is 2.94. The second kappa shape index (κ2) is 3.92. The molecule has 19 heavy (non-hydrogen) atoms. The van der Waals surface area contributed by atoms with Crippen LogP contribution in [0.4, 0.5) is 0 Å². The van der Waals surface area contributed by atoms with Crippen LogP contribution >= 0.6 is 0 Å². The Hall–Kier alpha value is -2.15. The van der Waals surface area contributed by atoms with Gasteiger partial charge in [0, 0.05) is 19.5 Å². The van der Waals surface area contributed by atoms with E-state index in [1.807, 2.05) is 6.07 Å². The van der Waals surface area contributed by atoms with Crippen LogP contribution in [0.5, 0.6) is 0 Å². The Morgan fingerprint density at radius 2 is 2.05 bits per heavy atom. The standard InChI is InChI=1S/C12H12N4O2S/c1-16-9(6-7-13-16)12-14-8-4-3-5-10(11(8)15-12)19(2,17)18/h3-7H,1-2H3,(H,14,15). The third kappa shape index (κ3) is 1.91. The van der Waals surface area contributed by atoms with Crippen molar-refractivity contribution in [1.29, 1.82) is 0 Å². The summed E-state index contributed by atoms with van der Waals surface area (Å²) < 4.78 is 25.2. The second-order valence-electron chi connectivity index (χ2n) is 4.35. The van der Waals surface area contributed by atoms with E-state index >= 15 is 0 Å². The quantitative estimate of drug-likeness (QED) is 0.766. The average Bonchev–Trinajstić information content (AvgIpc) is 2.91. The highest BCUT2D eigenvalue weighted by atomic mass is 32.2. The minimum atomic E-state index is -3.30.